The van der Waals surface area contributed by atoms with E-state index in [4.69, 9.17) is 11.6 Å². The van der Waals surface area contributed by atoms with Crippen molar-refractivity contribution < 1.29 is 0 Å². The van der Waals surface area contributed by atoms with Gasteiger partial charge < -0.3 is 5.32 Å². The Morgan fingerprint density at radius 3 is 3.19 bits per heavy atom. The van der Waals surface area contributed by atoms with Crippen molar-refractivity contribution in [2.24, 2.45) is 5.92 Å². The summed E-state index contributed by atoms with van der Waals surface area (Å²) < 4.78 is 1.61. The smallest absolute Gasteiger partial charge is 0.199 e. The molecule has 3 rings (SSSR count). The molecule has 1 saturated carbocycles. The predicted octanol–water partition coefficient (Wildman–Crippen LogP) is 0.949. The minimum Gasteiger partial charge on any atom is -0.367 e. The molecule has 7 heteroatoms. The van der Waals surface area contributed by atoms with Gasteiger partial charge in [0.1, 0.15) is 5.82 Å². The zero-order valence-corrected chi connectivity index (χ0v) is 9.30. The number of tetrazole rings is 1. The SMILES string of the molecule is ClC(CNc1cncc2nnnn12)C1CC1. The largest absolute Gasteiger partial charge is 0.367 e. The summed E-state index contributed by atoms with van der Waals surface area (Å²) in [6, 6.07) is 0. The zero-order chi connectivity index (χ0) is 11.0. The number of nitrogens with zero attached hydrogens (tertiary/aromatic N) is 5. The fraction of sp³-hybridized carbons (Fsp3) is 0.556. The molecular weight excluding hydrogens is 228 g/mol. The van der Waals surface area contributed by atoms with Gasteiger partial charge in [-0.05, 0) is 29.2 Å². The monoisotopic (exact) mass is 238 g/mol. The maximum Gasteiger partial charge on any atom is 0.199 e. The van der Waals surface area contributed by atoms with Gasteiger partial charge in [0.15, 0.2) is 5.65 Å². The van der Waals surface area contributed by atoms with Gasteiger partial charge >= 0.3 is 0 Å². The second-order valence-corrected chi connectivity index (χ2v) is 4.54. The Hall–Kier alpha value is -1.43. The van der Waals surface area contributed by atoms with Crippen molar-refractivity contribution in [1.29, 1.82) is 0 Å². The number of fused-ring (bicyclic) bond motifs is 1. The molecular formula is C9H11ClN6. The first-order valence-corrected chi connectivity index (χ1v) is 5.68. The van der Waals surface area contributed by atoms with Crippen LogP contribution in [0.1, 0.15) is 12.8 Å². The Labute approximate surface area is 97.0 Å². The van der Waals surface area contributed by atoms with Gasteiger partial charge in [0.2, 0.25) is 0 Å². The summed E-state index contributed by atoms with van der Waals surface area (Å²) >= 11 is 6.21. The Bertz CT molecular complexity index is 493. The summed E-state index contributed by atoms with van der Waals surface area (Å²) in [6.07, 6.45) is 5.79. The van der Waals surface area contributed by atoms with E-state index in [0.29, 0.717) is 18.1 Å². The van der Waals surface area contributed by atoms with E-state index >= 15 is 0 Å². The van der Waals surface area contributed by atoms with Crippen LogP contribution in [0.2, 0.25) is 0 Å². The van der Waals surface area contributed by atoms with Gasteiger partial charge in [-0.15, -0.1) is 16.7 Å². The molecule has 6 nitrogen and oxygen atoms in total. The molecule has 0 spiro atoms. The summed E-state index contributed by atoms with van der Waals surface area (Å²) in [5, 5.41) is 14.7. The number of hydrogen-bond acceptors (Lipinski definition) is 5. The van der Waals surface area contributed by atoms with Crippen LogP contribution in [-0.4, -0.2) is 36.9 Å². The average Bonchev–Trinajstić information content (AvgIpc) is 3.04. The van der Waals surface area contributed by atoms with E-state index in [-0.39, 0.29) is 5.38 Å². The normalized spacial score (nSPS) is 17.6. The third-order valence-corrected chi connectivity index (χ3v) is 3.23. The first-order chi connectivity index (χ1) is 7.84. The van der Waals surface area contributed by atoms with Crippen LogP contribution in [-0.2, 0) is 0 Å². The van der Waals surface area contributed by atoms with E-state index in [1.165, 1.54) is 12.8 Å². The fourth-order valence-electron chi connectivity index (χ4n) is 1.62. The molecule has 16 heavy (non-hydrogen) atoms. The van der Waals surface area contributed by atoms with Gasteiger partial charge in [0, 0.05) is 6.54 Å². The van der Waals surface area contributed by atoms with E-state index in [1.54, 1.807) is 16.9 Å². The Morgan fingerprint density at radius 1 is 1.50 bits per heavy atom. The van der Waals surface area contributed by atoms with Crippen molar-refractivity contribution in [3.8, 4) is 0 Å². The van der Waals surface area contributed by atoms with Crippen LogP contribution >= 0.6 is 11.6 Å². The first kappa shape index (κ1) is 9.77. The molecule has 2 aromatic rings. The van der Waals surface area contributed by atoms with E-state index < -0.39 is 0 Å². The zero-order valence-electron chi connectivity index (χ0n) is 8.54. The molecule has 1 fully saturated rings. The molecule has 0 aliphatic heterocycles. The second-order valence-electron chi connectivity index (χ2n) is 3.98. The molecule has 1 atom stereocenters. The molecule has 1 aliphatic carbocycles. The highest BCUT2D eigenvalue weighted by atomic mass is 35.5. The lowest BCUT2D eigenvalue weighted by atomic mass is 10.3. The lowest BCUT2D eigenvalue weighted by Gasteiger charge is -2.10. The van der Waals surface area contributed by atoms with Crippen LogP contribution in [0.15, 0.2) is 12.4 Å². The van der Waals surface area contributed by atoms with Gasteiger partial charge in [-0.2, -0.15) is 4.52 Å². The lowest BCUT2D eigenvalue weighted by molar-refractivity contribution is 0.758. The summed E-state index contributed by atoms with van der Waals surface area (Å²) in [6.45, 7) is 0.715. The summed E-state index contributed by atoms with van der Waals surface area (Å²) in [7, 11) is 0. The minimum absolute atomic E-state index is 0.173. The maximum absolute atomic E-state index is 6.21. The summed E-state index contributed by atoms with van der Waals surface area (Å²) in [4.78, 5) is 4.05. The van der Waals surface area contributed by atoms with Crippen LogP contribution in [0, 0.1) is 5.92 Å². The Kier molecular flexibility index (Phi) is 2.36. The van der Waals surface area contributed by atoms with E-state index in [2.05, 4.69) is 25.8 Å². The molecule has 2 heterocycles. The van der Waals surface area contributed by atoms with E-state index in [9.17, 15) is 0 Å². The van der Waals surface area contributed by atoms with Crippen molar-refractivity contribution in [3.63, 3.8) is 0 Å². The van der Waals surface area contributed by atoms with Crippen molar-refractivity contribution in [2.45, 2.75) is 18.2 Å². The quantitative estimate of drug-likeness (QED) is 0.804. The molecule has 1 unspecified atom stereocenters. The standard InChI is InChI=1S/C9H11ClN6/c10-7(6-1-2-6)3-12-8-4-11-5-9-13-14-15-16(8)9/h4-7,12H,1-3H2. The van der Waals surface area contributed by atoms with Crippen LogP contribution in [0.25, 0.3) is 5.65 Å². The van der Waals surface area contributed by atoms with Crippen molar-refractivity contribution >= 4 is 23.1 Å². The number of rotatable bonds is 4. The molecule has 2 aromatic heterocycles. The molecule has 1 aliphatic rings. The topological polar surface area (TPSA) is 68.0 Å². The third-order valence-electron chi connectivity index (χ3n) is 2.72. The number of halogens is 1. The fourth-order valence-corrected chi connectivity index (χ4v) is 1.95. The molecule has 0 aromatic carbocycles. The number of nitrogens with one attached hydrogen (secondary N) is 1. The van der Waals surface area contributed by atoms with Crippen LogP contribution in [0.3, 0.4) is 0 Å². The van der Waals surface area contributed by atoms with Gasteiger partial charge in [-0.1, -0.05) is 0 Å². The average molecular weight is 239 g/mol. The predicted molar refractivity (Wildman–Crippen MR) is 59.4 cm³/mol. The minimum atomic E-state index is 0.173. The Balaban J connectivity index is 1.75. The molecule has 1 N–H and O–H groups in total. The lowest BCUT2D eigenvalue weighted by Crippen LogP contribution is -2.18. The van der Waals surface area contributed by atoms with E-state index in [0.717, 1.165) is 5.82 Å². The highest BCUT2D eigenvalue weighted by Crippen LogP contribution is 2.35. The van der Waals surface area contributed by atoms with Crippen LogP contribution in [0.5, 0.6) is 0 Å². The number of alkyl halides is 1. The summed E-state index contributed by atoms with van der Waals surface area (Å²) in [5.41, 5.74) is 0.627. The van der Waals surface area contributed by atoms with Crippen LogP contribution < -0.4 is 5.32 Å². The number of aromatic nitrogens is 5. The Morgan fingerprint density at radius 2 is 2.38 bits per heavy atom. The number of hydrogen-bond donors (Lipinski definition) is 1. The maximum atomic E-state index is 6.21. The van der Waals surface area contributed by atoms with Crippen LogP contribution in [0.4, 0.5) is 5.82 Å². The van der Waals surface area contributed by atoms with Gasteiger partial charge in [0.25, 0.3) is 0 Å². The molecule has 0 amide bonds. The highest BCUT2D eigenvalue weighted by molar-refractivity contribution is 6.21. The summed E-state index contributed by atoms with van der Waals surface area (Å²) in [5.74, 6) is 1.43. The third kappa shape index (κ3) is 1.80. The highest BCUT2D eigenvalue weighted by Gasteiger charge is 2.29. The molecule has 0 saturated heterocycles. The second kappa shape index (κ2) is 3.86. The van der Waals surface area contributed by atoms with Gasteiger partial charge in [0.05, 0.1) is 17.8 Å². The van der Waals surface area contributed by atoms with Gasteiger partial charge in [-0.3, -0.25) is 4.98 Å². The molecule has 84 valence electrons. The molecule has 0 bridgehead atoms. The molecule has 0 radical (unpaired) electrons. The first-order valence-electron chi connectivity index (χ1n) is 5.24. The van der Waals surface area contributed by atoms with Crippen molar-refractivity contribution in [3.05, 3.63) is 12.4 Å². The van der Waals surface area contributed by atoms with E-state index in [1.807, 2.05) is 0 Å². The van der Waals surface area contributed by atoms with Gasteiger partial charge in [-0.25, -0.2) is 0 Å². The van der Waals surface area contributed by atoms with Crippen molar-refractivity contribution in [2.75, 3.05) is 11.9 Å². The van der Waals surface area contributed by atoms with Crippen molar-refractivity contribution in [1.82, 2.24) is 25.0 Å². The number of anilines is 1.